The fourth-order valence-corrected chi connectivity index (χ4v) is 3.55. The lowest BCUT2D eigenvalue weighted by Crippen LogP contribution is -2.42. The van der Waals surface area contributed by atoms with Crippen LogP contribution in [0, 0.1) is 21.4 Å². The number of nitro benzene ring substituents is 1. The van der Waals surface area contributed by atoms with Crippen LogP contribution in [0.15, 0.2) is 36.4 Å². The van der Waals surface area contributed by atoms with Gasteiger partial charge in [-0.25, -0.2) is 0 Å². The van der Waals surface area contributed by atoms with E-state index in [4.69, 9.17) is 16.3 Å². The van der Waals surface area contributed by atoms with Gasteiger partial charge in [0.05, 0.1) is 16.0 Å². The second-order valence-electron chi connectivity index (χ2n) is 8.87. The zero-order valence-corrected chi connectivity index (χ0v) is 19.2. The Morgan fingerprint density at radius 3 is 2.66 bits per heavy atom. The van der Waals surface area contributed by atoms with E-state index in [1.54, 1.807) is 23.1 Å². The van der Waals surface area contributed by atoms with Crippen molar-refractivity contribution >= 4 is 40.5 Å². The van der Waals surface area contributed by atoms with Crippen molar-refractivity contribution in [1.29, 1.82) is 0 Å². The summed E-state index contributed by atoms with van der Waals surface area (Å²) in [6.07, 6.45) is 0.832. The molecule has 0 aliphatic carbocycles. The quantitative estimate of drug-likeness (QED) is 0.466. The van der Waals surface area contributed by atoms with E-state index in [1.807, 2.05) is 13.8 Å². The molecule has 0 saturated carbocycles. The van der Waals surface area contributed by atoms with Crippen molar-refractivity contribution < 1.29 is 19.2 Å². The molecule has 0 spiro atoms. The first-order valence-electron chi connectivity index (χ1n) is 10.3. The molecule has 0 bridgehead atoms. The number of fused-ring (bicyclic) bond motifs is 1. The number of hydrogen-bond donors (Lipinski definition) is 1. The maximum Gasteiger partial charge on any atom is 0.282 e. The van der Waals surface area contributed by atoms with Crippen molar-refractivity contribution in [3.05, 3.63) is 57.1 Å². The number of nitrogens with one attached hydrogen (secondary N) is 1. The summed E-state index contributed by atoms with van der Waals surface area (Å²) >= 11 is 5.93. The maximum absolute atomic E-state index is 13.1. The number of carbonyl (C=O) groups excluding carboxylic acids is 2. The molecule has 9 heteroatoms. The first-order valence-corrected chi connectivity index (χ1v) is 10.7. The van der Waals surface area contributed by atoms with Gasteiger partial charge in [-0.3, -0.25) is 19.7 Å². The fourth-order valence-electron chi connectivity index (χ4n) is 3.38. The minimum Gasteiger partial charge on any atom is -0.490 e. The monoisotopic (exact) mass is 459 g/mol. The van der Waals surface area contributed by atoms with Crippen LogP contribution in [0.1, 0.15) is 44.5 Å². The van der Waals surface area contributed by atoms with E-state index in [-0.39, 0.29) is 28.8 Å². The molecule has 0 atom stereocenters. The average molecular weight is 460 g/mol. The predicted octanol–water partition coefficient (Wildman–Crippen LogP) is 5.30. The van der Waals surface area contributed by atoms with Gasteiger partial charge < -0.3 is 15.0 Å². The van der Waals surface area contributed by atoms with Gasteiger partial charge in [-0.1, -0.05) is 25.4 Å². The number of halogens is 1. The van der Waals surface area contributed by atoms with E-state index in [0.717, 1.165) is 6.42 Å². The van der Waals surface area contributed by atoms with Crippen LogP contribution in [0.2, 0.25) is 5.02 Å². The van der Waals surface area contributed by atoms with Crippen LogP contribution in [-0.2, 0) is 4.79 Å². The van der Waals surface area contributed by atoms with Crippen molar-refractivity contribution in [2.24, 2.45) is 11.3 Å². The number of nitrogens with zero attached hydrogens (tertiary/aromatic N) is 2. The van der Waals surface area contributed by atoms with E-state index in [2.05, 4.69) is 19.2 Å². The van der Waals surface area contributed by atoms with E-state index >= 15 is 0 Å². The van der Waals surface area contributed by atoms with Gasteiger partial charge >= 0.3 is 0 Å². The van der Waals surface area contributed by atoms with Crippen LogP contribution in [0.25, 0.3) is 0 Å². The Bertz CT molecular complexity index is 1070. The van der Waals surface area contributed by atoms with E-state index in [0.29, 0.717) is 29.6 Å². The highest BCUT2D eigenvalue weighted by Gasteiger charge is 2.37. The Morgan fingerprint density at radius 2 is 2.00 bits per heavy atom. The molecule has 0 fully saturated rings. The van der Waals surface area contributed by atoms with Crippen LogP contribution in [-0.4, -0.2) is 29.9 Å². The average Bonchev–Trinajstić information content (AvgIpc) is 2.81. The van der Waals surface area contributed by atoms with E-state index in [1.165, 1.54) is 18.2 Å². The Balaban J connectivity index is 1.92. The lowest BCUT2D eigenvalue weighted by Gasteiger charge is -2.28. The molecule has 170 valence electrons. The van der Waals surface area contributed by atoms with Gasteiger partial charge in [0.2, 0.25) is 5.91 Å². The first-order chi connectivity index (χ1) is 15.0. The molecule has 1 N–H and O–H groups in total. The maximum atomic E-state index is 13.1. The minimum absolute atomic E-state index is 0.0248. The summed E-state index contributed by atoms with van der Waals surface area (Å²) in [5.41, 5.74) is -0.175. The molecule has 3 rings (SSSR count). The number of carbonyl (C=O) groups is 2. The summed E-state index contributed by atoms with van der Waals surface area (Å²) in [5.74, 6) is 0.195. The molecule has 2 aromatic rings. The normalized spacial score (nSPS) is 15.1. The van der Waals surface area contributed by atoms with Crippen LogP contribution in [0.5, 0.6) is 5.75 Å². The number of rotatable bonds is 6. The third kappa shape index (κ3) is 5.02. The number of benzene rings is 2. The molecule has 0 aromatic heterocycles. The van der Waals surface area contributed by atoms with Gasteiger partial charge in [-0.15, -0.1) is 0 Å². The van der Waals surface area contributed by atoms with Gasteiger partial charge in [-0.2, -0.15) is 0 Å². The van der Waals surface area contributed by atoms with Gasteiger partial charge in [0.15, 0.2) is 0 Å². The molecule has 32 heavy (non-hydrogen) atoms. The van der Waals surface area contributed by atoms with Crippen molar-refractivity contribution in [1.82, 2.24) is 0 Å². The zero-order valence-electron chi connectivity index (χ0n) is 18.5. The van der Waals surface area contributed by atoms with Crippen LogP contribution >= 0.6 is 11.6 Å². The van der Waals surface area contributed by atoms with Crippen molar-refractivity contribution in [3.63, 3.8) is 0 Å². The van der Waals surface area contributed by atoms with E-state index in [9.17, 15) is 19.7 Å². The van der Waals surface area contributed by atoms with Gasteiger partial charge in [-0.05, 0) is 50.5 Å². The second kappa shape index (κ2) is 9.16. The molecule has 0 unspecified atom stereocenters. The molecular weight excluding hydrogens is 434 g/mol. The van der Waals surface area contributed by atoms with Gasteiger partial charge in [0.25, 0.3) is 11.6 Å². The summed E-state index contributed by atoms with van der Waals surface area (Å²) in [6.45, 7) is 8.61. The smallest absolute Gasteiger partial charge is 0.282 e. The van der Waals surface area contributed by atoms with Crippen molar-refractivity contribution in [2.45, 2.75) is 34.1 Å². The molecule has 2 amide bonds. The Labute approximate surface area is 191 Å². The topological polar surface area (TPSA) is 102 Å². The third-order valence-corrected chi connectivity index (χ3v) is 5.49. The number of hydrogen-bond acceptors (Lipinski definition) is 5. The predicted molar refractivity (Wildman–Crippen MR) is 124 cm³/mol. The number of ether oxygens (including phenoxy) is 1. The standard InChI is InChI=1S/C23H26ClN3O5/c1-14(2)9-10-26-19-8-6-16(12-20(19)32-13-23(3,4)22(26)29)25-21(28)17-11-15(24)5-7-18(17)27(30)31/h5-8,11-12,14H,9-10,13H2,1-4H3,(H,25,28). The number of anilines is 2. The summed E-state index contributed by atoms with van der Waals surface area (Å²) in [5, 5.41) is 14.2. The van der Waals surface area contributed by atoms with Gasteiger partial charge in [0, 0.05) is 29.4 Å². The molecular formula is C23H26ClN3O5. The number of amides is 2. The summed E-state index contributed by atoms with van der Waals surface area (Å²) < 4.78 is 5.94. The zero-order chi connectivity index (χ0) is 23.6. The lowest BCUT2D eigenvalue weighted by molar-refractivity contribution is -0.385. The Morgan fingerprint density at radius 1 is 1.28 bits per heavy atom. The Kier molecular flexibility index (Phi) is 6.74. The number of nitro groups is 1. The third-order valence-electron chi connectivity index (χ3n) is 5.25. The first kappa shape index (κ1) is 23.5. The van der Waals surface area contributed by atoms with Crippen LogP contribution < -0.4 is 15.0 Å². The van der Waals surface area contributed by atoms with E-state index < -0.39 is 16.2 Å². The summed E-state index contributed by atoms with van der Waals surface area (Å²) in [7, 11) is 0. The lowest BCUT2D eigenvalue weighted by atomic mass is 9.92. The van der Waals surface area contributed by atoms with Crippen molar-refractivity contribution in [3.8, 4) is 5.75 Å². The van der Waals surface area contributed by atoms with Crippen LogP contribution in [0.4, 0.5) is 17.1 Å². The molecule has 0 saturated heterocycles. The Hall–Kier alpha value is -3.13. The highest BCUT2D eigenvalue weighted by Crippen LogP contribution is 2.38. The largest absolute Gasteiger partial charge is 0.490 e. The highest BCUT2D eigenvalue weighted by atomic mass is 35.5. The SMILES string of the molecule is CC(C)CCN1C(=O)C(C)(C)COc2cc(NC(=O)c3cc(Cl)ccc3[N+](=O)[O-])ccc21. The molecule has 0 radical (unpaired) electrons. The molecule has 1 aliphatic rings. The molecule has 1 heterocycles. The second-order valence-corrected chi connectivity index (χ2v) is 9.30. The van der Waals surface area contributed by atoms with Crippen molar-refractivity contribution in [2.75, 3.05) is 23.4 Å². The fraction of sp³-hybridized carbons (Fsp3) is 0.391. The highest BCUT2D eigenvalue weighted by molar-refractivity contribution is 6.31. The molecule has 2 aromatic carbocycles. The summed E-state index contributed by atoms with van der Waals surface area (Å²) in [6, 6.07) is 8.79. The summed E-state index contributed by atoms with van der Waals surface area (Å²) in [4.78, 5) is 38.2. The molecule has 1 aliphatic heterocycles. The van der Waals surface area contributed by atoms with Crippen LogP contribution in [0.3, 0.4) is 0 Å². The minimum atomic E-state index is -0.708. The van der Waals surface area contributed by atoms with Gasteiger partial charge in [0.1, 0.15) is 17.9 Å². The molecule has 8 nitrogen and oxygen atoms in total.